The van der Waals surface area contributed by atoms with Gasteiger partial charge in [-0.2, -0.15) is 13.9 Å². The van der Waals surface area contributed by atoms with Crippen LogP contribution in [0.15, 0.2) is 54.7 Å². The van der Waals surface area contributed by atoms with Crippen molar-refractivity contribution >= 4 is 0 Å². The molecule has 2 aromatic carbocycles. The molecule has 0 aliphatic carbocycles. The first-order valence-corrected chi connectivity index (χ1v) is 7.50. The van der Waals surface area contributed by atoms with E-state index in [4.69, 9.17) is 9.47 Å². The van der Waals surface area contributed by atoms with Crippen molar-refractivity contribution in [3.63, 3.8) is 0 Å². The molecule has 0 spiro atoms. The molecule has 0 aliphatic heterocycles. The monoisotopic (exact) mass is 346 g/mol. The maximum atomic E-state index is 12.6. The summed E-state index contributed by atoms with van der Waals surface area (Å²) < 4.78 is 40.6. The Morgan fingerprint density at radius 2 is 1.84 bits per heavy atom. The summed E-state index contributed by atoms with van der Waals surface area (Å²) in [5.74, 6) is 0.922. The van der Waals surface area contributed by atoms with Crippen LogP contribution in [0.4, 0.5) is 8.78 Å². The molecule has 0 unspecified atom stereocenters. The van der Waals surface area contributed by atoms with E-state index < -0.39 is 6.61 Å². The number of nitrogens with one attached hydrogen (secondary N) is 1. The normalized spacial score (nSPS) is 10.7. The minimum Gasteiger partial charge on any atom is -0.497 e. The van der Waals surface area contributed by atoms with Gasteiger partial charge in [-0.1, -0.05) is 12.1 Å². The van der Waals surface area contributed by atoms with Crippen LogP contribution in [0.25, 0.3) is 11.3 Å². The van der Waals surface area contributed by atoms with Crippen molar-refractivity contribution in [3.05, 3.63) is 60.3 Å². The van der Waals surface area contributed by atoms with E-state index >= 15 is 0 Å². The Kier molecular flexibility index (Phi) is 5.13. The van der Waals surface area contributed by atoms with Gasteiger partial charge in [0.2, 0.25) is 0 Å². The van der Waals surface area contributed by atoms with E-state index in [1.165, 1.54) is 6.07 Å². The Labute approximate surface area is 143 Å². The predicted molar refractivity (Wildman–Crippen MR) is 88.0 cm³/mol. The lowest BCUT2D eigenvalue weighted by Crippen LogP contribution is -2.05. The highest BCUT2D eigenvalue weighted by atomic mass is 19.3. The lowest BCUT2D eigenvalue weighted by atomic mass is 10.1. The van der Waals surface area contributed by atoms with E-state index in [0.29, 0.717) is 5.69 Å². The average molecular weight is 346 g/mol. The molecule has 130 valence electrons. The lowest BCUT2D eigenvalue weighted by Gasteiger charge is -2.13. The maximum absolute atomic E-state index is 12.6. The van der Waals surface area contributed by atoms with E-state index in [1.807, 2.05) is 12.1 Å². The van der Waals surface area contributed by atoms with Crippen LogP contribution >= 0.6 is 0 Å². The molecule has 7 heteroatoms. The Morgan fingerprint density at radius 3 is 2.48 bits per heavy atom. The number of halogens is 2. The molecule has 0 atom stereocenters. The standard InChI is InChI=1S/C18H16F2N2O3/c1-23-14-5-2-12(3-6-14)11-24-17-10-13(15-8-9-21-22-15)4-7-16(17)25-18(19)20/h2-10,18H,11H2,1H3,(H,21,22). The zero-order valence-corrected chi connectivity index (χ0v) is 13.4. The number of hydrogen-bond donors (Lipinski definition) is 1. The summed E-state index contributed by atoms with van der Waals surface area (Å²) in [5, 5.41) is 6.78. The molecule has 0 aliphatic rings. The van der Waals surface area contributed by atoms with Crippen molar-refractivity contribution in [2.45, 2.75) is 13.2 Å². The number of rotatable bonds is 7. The molecule has 1 N–H and O–H groups in total. The average Bonchev–Trinajstić information content (AvgIpc) is 3.15. The Bertz CT molecular complexity index is 806. The molecule has 25 heavy (non-hydrogen) atoms. The van der Waals surface area contributed by atoms with Crippen LogP contribution in [0.2, 0.25) is 0 Å². The summed E-state index contributed by atoms with van der Waals surface area (Å²) >= 11 is 0. The maximum Gasteiger partial charge on any atom is 0.387 e. The van der Waals surface area contributed by atoms with E-state index in [9.17, 15) is 8.78 Å². The number of ether oxygens (including phenoxy) is 3. The van der Waals surface area contributed by atoms with Crippen LogP contribution in [-0.4, -0.2) is 23.9 Å². The fraction of sp³-hybridized carbons (Fsp3) is 0.167. The lowest BCUT2D eigenvalue weighted by molar-refractivity contribution is -0.0515. The molecule has 1 aromatic heterocycles. The molecule has 0 saturated carbocycles. The zero-order chi connectivity index (χ0) is 17.6. The van der Waals surface area contributed by atoms with Crippen molar-refractivity contribution in [2.24, 2.45) is 0 Å². The second kappa shape index (κ2) is 7.65. The summed E-state index contributed by atoms with van der Waals surface area (Å²) in [6.07, 6.45) is 1.68. The smallest absolute Gasteiger partial charge is 0.387 e. The zero-order valence-electron chi connectivity index (χ0n) is 13.4. The number of methoxy groups -OCH3 is 1. The molecular formula is C18H16F2N2O3. The third-order valence-corrected chi connectivity index (χ3v) is 3.51. The Hall–Kier alpha value is -3.09. The van der Waals surface area contributed by atoms with Gasteiger partial charge < -0.3 is 14.2 Å². The minimum atomic E-state index is -2.93. The van der Waals surface area contributed by atoms with Gasteiger partial charge in [-0.25, -0.2) is 0 Å². The molecule has 3 rings (SSSR count). The Morgan fingerprint density at radius 1 is 1.04 bits per heavy atom. The van der Waals surface area contributed by atoms with Crippen LogP contribution in [0.5, 0.6) is 17.2 Å². The molecule has 0 saturated heterocycles. The van der Waals surface area contributed by atoms with Crippen LogP contribution in [0, 0.1) is 0 Å². The quantitative estimate of drug-likeness (QED) is 0.694. The van der Waals surface area contributed by atoms with Gasteiger partial charge in [0.05, 0.1) is 12.8 Å². The summed E-state index contributed by atoms with van der Waals surface area (Å²) in [5.41, 5.74) is 2.28. The van der Waals surface area contributed by atoms with E-state index in [2.05, 4.69) is 14.9 Å². The number of nitrogens with zero attached hydrogens (tertiary/aromatic N) is 1. The van der Waals surface area contributed by atoms with E-state index in [1.54, 1.807) is 43.6 Å². The molecule has 0 radical (unpaired) electrons. The predicted octanol–water partition coefficient (Wildman–Crippen LogP) is 4.27. The summed E-state index contributed by atoms with van der Waals surface area (Å²) in [4.78, 5) is 0. The van der Waals surface area contributed by atoms with Crippen molar-refractivity contribution in [3.8, 4) is 28.5 Å². The van der Waals surface area contributed by atoms with E-state index in [0.717, 1.165) is 16.9 Å². The van der Waals surface area contributed by atoms with Crippen molar-refractivity contribution in [1.29, 1.82) is 0 Å². The van der Waals surface area contributed by atoms with Crippen molar-refractivity contribution in [2.75, 3.05) is 7.11 Å². The highest BCUT2D eigenvalue weighted by molar-refractivity contribution is 5.63. The molecule has 5 nitrogen and oxygen atoms in total. The fourth-order valence-electron chi connectivity index (χ4n) is 2.28. The second-order valence-corrected chi connectivity index (χ2v) is 5.14. The van der Waals surface area contributed by atoms with Crippen molar-refractivity contribution in [1.82, 2.24) is 10.2 Å². The van der Waals surface area contributed by atoms with Gasteiger partial charge in [0.25, 0.3) is 0 Å². The fourth-order valence-corrected chi connectivity index (χ4v) is 2.28. The largest absolute Gasteiger partial charge is 0.497 e. The van der Waals surface area contributed by atoms with Gasteiger partial charge in [0, 0.05) is 11.8 Å². The number of aromatic nitrogens is 2. The summed E-state index contributed by atoms with van der Waals surface area (Å²) in [6, 6.07) is 13.8. The first kappa shape index (κ1) is 16.8. The SMILES string of the molecule is COc1ccc(COc2cc(-c3cc[nH]n3)ccc2OC(F)F)cc1. The number of alkyl halides is 2. The second-order valence-electron chi connectivity index (χ2n) is 5.14. The van der Waals surface area contributed by atoms with Gasteiger partial charge >= 0.3 is 6.61 Å². The van der Waals surface area contributed by atoms with Gasteiger partial charge in [-0.3, -0.25) is 5.10 Å². The first-order valence-electron chi connectivity index (χ1n) is 7.50. The molecule has 1 heterocycles. The van der Waals surface area contributed by atoms with Crippen LogP contribution in [0.3, 0.4) is 0 Å². The highest BCUT2D eigenvalue weighted by Crippen LogP contribution is 2.33. The van der Waals surface area contributed by atoms with Gasteiger partial charge in [0.1, 0.15) is 12.4 Å². The summed E-state index contributed by atoms with van der Waals surface area (Å²) in [7, 11) is 1.58. The van der Waals surface area contributed by atoms with E-state index in [-0.39, 0.29) is 18.1 Å². The molecule has 0 amide bonds. The first-order chi connectivity index (χ1) is 12.2. The number of hydrogen-bond acceptors (Lipinski definition) is 4. The van der Waals surface area contributed by atoms with Crippen LogP contribution in [0.1, 0.15) is 5.56 Å². The Balaban J connectivity index is 1.81. The van der Waals surface area contributed by atoms with Crippen LogP contribution in [-0.2, 0) is 6.61 Å². The van der Waals surface area contributed by atoms with Crippen LogP contribution < -0.4 is 14.2 Å². The van der Waals surface area contributed by atoms with Gasteiger partial charge in [0.15, 0.2) is 11.5 Å². The van der Waals surface area contributed by atoms with Crippen molar-refractivity contribution < 1.29 is 23.0 Å². The number of benzene rings is 2. The van der Waals surface area contributed by atoms with Gasteiger partial charge in [-0.05, 0) is 42.0 Å². The topological polar surface area (TPSA) is 56.4 Å². The molecule has 0 bridgehead atoms. The highest BCUT2D eigenvalue weighted by Gasteiger charge is 2.13. The number of H-pyrrole nitrogens is 1. The third kappa shape index (κ3) is 4.26. The molecule has 3 aromatic rings. The minimum absolute atomic E-state index is 0.0252. The molecule has 0 fully saturated rings. The summed E-state index contributed by atoms with van der Waals surface area (Å²) in [6.45, 7) is -2.73. The molecular weight excluding hydrogens is 330 g/mol. The number of aromatic amines is 1. The third-order valence-electron chi connectivity index (χ3n) is 3.51. The van der Waals surface area contributed by atoms with Gasteiger partial charge in [-0.15, -0.1) is 0 Å².